The second kappa shape index (κ2) is 5.43. The third-order valence-electron chi connectivity index (χ3n) is 2.62. The molecule has 0 aliphatic carbocycles. The largest absolute Gasteiger partial charge is 0.465 e. The normalized spacial score (nSPS) is 14.8. The summed E-state index contributed by atoms with van der Waals surface area (Å²) in [5.74, 6) is -1.21. The van der Waals surface area contributed by atoms with E-state index in [0.29, 0.717) is 0 Å². The minimum atomic E-state index is -5.10. The molecular weight excluding hydrogens is 270 g/mol. The molecule has 0 radical (unpaired) electrons. The van der Waals surface area contributed by atoms with E-state index in [1.807, 2.05) is 0 Å². The Balaban J connectivity index is 3.47. The standard InChI is InChI=1S/C11H11F4NO3/c12-8-4-2-1-3-7(8)10(5-6-17,11(13,14)15)16-9(18)19/h1-4,16-17H,5-6H2,(H,18,19). The fraction of sp³-hybridized carbons (Fsp3) is 0.364. The average molecular weight is 281 g/mol. The number of nitrogens with one attached hydrogen (secondary N) is 1. The predicted molar refractivity (Wildman–Crippen MR) is 57.0 cm³/mol. The van der Waals surface area contributed by atoms with E-state index >= 15 is 0 Å². The smallest absolute Gasteiger partial charge is 0.416 e. The molecule has 1 aromatic rings. The van der Waals surface area contributed by atoms with Gasteiger partial charge in [0, 0.05) is 18.6 Å². The van der Waals surface area contributed by atoms with E-state index in [4.69, 9.17) is 10.2 Å². The Morgan fingerprint density at radius 2 is 1.84 bits per heavy atom. The second-order valence-corrected chi connectivity index (χ2v) is 3.79. The van der Waals surface area contributed by atoms with Gasteiger partial charge in [-0.15, -0.1) is 0 Å². The maximum atomic E-state index is 13.6. The van der Waals surface area contributed by atoms with E-state index < -0.39 is 42.2 Å². The first-order valence-electron chi connectivity index (χ1n) is 5.18. The molecule has 19 heavy (non-hydrogen) atoms. The maximum Gasteiger partial charge on any atom is 0.416 e. The van der Waals surface area contributed by atoms with Gasteiger partial charge in [-0.25, -0.2) is 9.18 Å². The van der Waals surface area contributed by atoms with Crippen LogP contribution in [0.1, 0.15) is 12.0 Å². The fourth-order valence-corrected chi connectivity index (χ4v) is 1.79. The molecule has 0 spiro atoms. The van der Waals surface area contributed by atoms with Gasteiger partial charge in [0.1, 0.15) is 5.82 Å². The quantitative estimate of drug-likeness (QED) is 0.741. The number of hydrogen-bond acceptors (Lipinski definition) is 2. The summed E-state index contributed by atoms with van der Waals surface area (Å²) in [5, 5.41) is 18.6. The minimum absolute atomic E-state index is 0.788. The summed E-state index contributed by atoms with van der Waals surface area (Å²) in [6.07, 6.45) is -8.09. The van der Waals surface area contributed by atoms with Crippen molar-refractivity contribution in [2.75, 3.05) is 6.61 Å². The highest BCUT2D eigenvalue weighted by molar-refractivity contribution is 5.66. The Bertz CT molecular complexity index is 463. The summed E-state index contributed by atoms with van der Waals surface area (Å²) in [4.78, 5) is 10.6. The maximum absolute atomic E-state index is 13.6. The number of aliphatic hydroxyl groups excluding tert-OH is 1. The van der Waals surface area contributed by atoms with Gasteiger partial charge in [0.05, 0.1) is 0 Å². The first-order valence-corrected chi connectivity index (χ1v) is 5.18. The zero-order valence-corrected chi connectivity index (χ0v) is 9.54. The molecule has 0 bridgehead atoms. The zero-order valence-electron chi connectivity index (χ0n) is 9.54. The van der Waals surface area contributed by atoms with Crippen LogP contribution in [0.15, 0.2) is 24.3 Å². The Morgan fingerprint density at radius 3 is 2.26 bits per heavy atom. The summed E-state index contributed by atoms with van der Waals surface area (Å²) >= 11 is 0. The summed E-state index contributed by atoms with van der Waals surface area (Å²) in [7, 11) is 0. The molecule has 8 heteroatoms. The van der Waals surface area contributed by atoms with Crippen LogP contribution in [0.3, 0.4) is 0 Å². The Labute approximate surface area is 105 Å². The fourth-order valence-electron chi connectivity index (χ4n) is 1.79. The Hall–Kier alpha value is -1.83. The summed E-state index contributed by atoms with van der Waals surface area (Å²) in [6.45, 7) is -0.964. The van der Waals surface area contributed by atoms with E-state index in [1.54, 1.807) is 0 Å². The third-order valence-corrected chi connectivity index (χ3v) is 2.62. The van der Waals surface area contributed by atoms with Crippen molar-refractivity contribution in [3.63, 3.8) is 0 Å². The molecule has 1 amide bonds. The number of halogens is 4. The van der Waals surface area contributed by atoms with E-state index in [1.165, 1.54) is 11.4 Å². The van der Waals surface area contributed by atoms with Gasteiger partial charge in [0.15, 0.2) is 5.54 Å². The third kappa shape index (κ3) is 2.95. The van der Waals surface area contributed by atoms with Crippen LogP contribution in [0.2, 0.25) is 0 Å². The van der Waals surface area contributed by atoms with E-state index in [-0.39, 0.29) is 0 Å². The lowest BCUT2D eigenvalue weighted by molar-refractivity contribution is -0.203. The molecule has 0 fully saturated rings. The number of hydrogen-bond donors (Lipinski definition) is 3. The molecule has 0 aliphatic heterocycles. The van der Waals surface area contributed by atoms with Crippen molar-refractivity contribution in [3.05, 3.63) is 35.6 Å². The SMILES string of the molecule is O=C(O)NC(CCO)(c1ccccc1F)C(F)(F)F. The predicted octanol–water partition coefficient (Wildman–Crippen LogP) is 2.23. The van der Waals surface area contributed by atoms with Crippen molar-refractivity contribution in [1.82, 2.24) is 5.32 Å². The number of amides is 1. The van der Waals surface area contributed by atoms with Crippen LogP contribution in [-0.4, -0.2) is 29.1 Å². The van der Waals surface area contributed by atoms with Gasteiger partial charge < -0.3 is 15.5 Å². The monoisotopic (exact) mass is 281 g/mol. The molecule has 0 heterocycles. The molecule has 1 rings (SSSR count). The molecule has 1 unspecified atom stereocenters. The van der Waals surface area contributed by atoms with Crippen LogP contribution < -0.4 is 5.32 Å². The Kier molecular flexibility index (Phi) is 4.35. The van der Waals surface area contributed by atoms with E-state index in [9.17, 15) is 22.4 Å². The number of carboxylic acid groups (broad SMARTS) is 1. The van der Waals surface area contributed by atoms with Crippen molar-refractivity contribution in [3.8, 4) is 0 Å². The van der Waals surface area contributed by atoms with Crippen LogP contribution in [0.25, 0.3) is 0 Å². The number of aliphatic hydroxyl groups is 1. The minimum Gasteiger partial charge on any atom is -0.465 e. The lowest BCUT2D eigenvalue weighted by atomic mass is 9.85. The molecule has 1 atom stereocenters. The van der Waals surface area contributed by atoms with E-state index in [0.717, 1.165) is 18.2 Å². The van der Waals surface area contributed by atoms with Gasteiger partial charge in [-0.3, -0.25) is 0 Å². The molecule has 0 saturated carbocycles. The second-order valence-electron chi connectivity index (χ2n) is 3.79. The van der Waals surface area contributed by atoms with Crippen molar-refractivity contribution < 1.29 is 32.6 Å². The lowest BCUT2D eigenvalue weighted by Crippen LogP contribution is -2.56. The van der Waals surface area contributed by atoms with Gasteiger partial charge in [-0.1, -0.05) is 18.2 Å². The van der Waals surface area contributed by atoms with Gasteiger partial charge in [-0.2, -0.15) is 13.2 Å². The van der Waals surface area contributed by atoms with Crippen molar-refractivity contribution in [1.29, 1.82) is 0 Å². The molecular formula is C11H11F4NO3. The molecule has 106 valence electrons. The molecule has 3 N–H and O–H groups in total. The zero-order chi connectivity index (χ0) is 14.7. The van der Waals surface area contributed by atoms with E-state index in [2.05, 4.69) is 0 Å². The summed E-state index contributed by atoms with van der Waals surface area (Å²) < 4.78 is 53.1. The van der Waals surface area contributed by atoms with Crippen LogP contribution in [0.5, 0.6) is 0 Å². The lowest BCUT2D eigenvalue weighted by Gasteiger charge is -2.35. The highest BCUT2D eigenvalue weighted by atomic mass is 19.4. The van der Waals surface area contributed by atoms with Crippen LogP contribution in [-0.2, 0) is 5.54 Å². The molecule has 4 nitrogen and oxygen atoms in total. The number of carbonyl (C=O) groups is 1. The highest BCUT2D eigenvalue weighted by Gasteiger charge is 2.57. The van der Waals surface area contributed by atoms with Gasteiger partial charge >= 0.3 is 12.3 Å². The van der Waals surface area contributed by atoms with Crippen molar-refractivity contribution in [2.24, 2.45) is 0 Å². The summed E-state index contributed by atoms with van der Waals surface area (Å²) in [5.41, 5.74) is -4.06. The average Bonchev–Trinajstić information content (AvgIpc) is 2.26. The van der Waals surface area contributed by atoms with Gasteiger partial charge in [0.25, 0.3) is 0 Å². The molecule has 0 aliphatic rings. The first-order chi connectivity index (χ1) is 8.74. The number of benzene rings is 1. The van der Waals surface area contributed by atoms with Gasteiger partial charge in [-0.05, 0) is 6.07 Å². The van der Waals surface area contributed by atoms with Gasteiger partial charge in [0.2, 0.25) is 0 Å². The highest BCUT2D eigenvalue weighted by Crippen LogP contribution is 2.42. The number of rotatable bonds is 4. The number of alkyl halides is 3. The topological polar surface area (TPSA) is 69.6 Å². The Morgan fingerprint density at radius 1 is 1.26 bits per heavy atom. The van der Waals surface area contributed by atoms with Crippen LogP contribution >= 0.6 is 0 Å². The van der Waals surface area contributed by atoms with Crippen LogP contribution in [0, 0.1) is 5.82 Å². The molecule has 0 saturated heterocycles. The van der Waals surface area contributed by atoms with Crippen molar-refractivity contribution in [2.45, 2.75) is 18.1 Å². The molecule has 1 aromatic carbocycles. The van der Waals surface area contributed by atoms with Crippen LogP contribution in [0.4, 0.5) is 22.4 Å². The summed E-state index contributed by atoms with van der Waals surface area (Å²) in [6, 6.07) is 3.95. The molecule has 0 aromatic heterocycles. The first kappa shape index (κ1) is 15.2. The van der Waals surface area contributed by atoms with Crippen molar-refractivity contribution >= 4 is 6.09 Å².